The number of hydrogen-bond donors (Lipinski definition) is 0. The first-order valence-corrected chi connectivity index (χ1v) is 9.87. The number of carbonyl (C=O) groups excluding carboxylic acids is 1. The van der Waals surface area contributed by atoms with Gasteiger partial charge in [-0.1, -0.05) is 33.1 Å². The lowest BCUT2D eigenvalue weighted by molar-refractivity contribution is -0.548. The minimum Gasteiger partial charge on any atom is -0.461 e. The fourth-order valence-electron chi connectivity index (χ4n) is 2.33. The molecule has 21 heteroatoms. The molecular formula is C17H17F17O4. The van der Waals surface area contributed by atoms with Crippen molar-refractivity contribution in [1.29, 1.82) is 0 Å². The molecule has 38 heavy (non-hydrogen) atoms. The van der Waals surface area contributed by atoms with E-state index in [0.717, 1.165) is 0 Å². The highest BCUT2D eigenvalue weighted by Crippen LogP contribution is 2.56. The normalized spacial score (nSPS) is 18.5. The predicted octanol–water partition coefficient (Wildman–Crippen LogP) is 7.62. The number of rotatable bonds is 13. The maximum absolute atomic E-state index is 14.4. The Hall–Kier alpha value is -1.80. The maximum atomic E-state index is 14.4. The molecule has 3 atom stereocenters. The summed E-state index contributed by atoms with van der Waals surface area (Å²) in [6, 6.07) is 0. The zero-order valence-electron chi connectivity index (χ0n) is 18.7. The summed E-state index contributed by atoms with van der Waals surface area (Å²) in [5.41, 5.74) is 0. The van der Waals surface area contributed by atoms with Crippen LogP contribution in [0.15, 0.2) is 0 Å². The molecule has 228 valence electrons. The molecule has 0 aromatic carbocycles. The van der Waals surface area contributed by atoms with Gasteiger partial charge in [0.05, 0.1) is 6.61 Å². The molecule has 0 saturated heterocycles. The molecule has 0 bridgehead atoms. The smallest absolute Gasteiger partial charge is 0.461 e. The van der Waals surface area contributed by atoms with Gasteiger partial charge in [0.15, 0.2) is 0 Å². The van der Waals surface area contributed by atoms with Crippen LogP contribution in [0.1, 0.15) is 39.5 Å². The summed E-state index contributed by atoms with van der Waals surface area (Å²) in [5.74, 6) is -27.2. The number of alkyl halides is 17. The Kier molecular flexibility index (Phi) is 10.8. The summed E-state index contributed by atoms with van der Waals surface area (Å²) < 4.78 is 230. The van der Waals surface area contributed by atoms with Gasteiger partial charge in [-0.25, -0.2) is 4.79 Å². The van der Waals surface area contributed by atoms with Gasteiger partial charge in [0.25, 0.3) is 0 Å². The molecule has 0 rings (SSSR count). The fraction of sp³-hybridized carbons (Fsp3) is 0.941. The first-order valence-electron chi connectivity index (χ1n) is 9.87. The summed E-state index contributed by atoms with van der Waals surface area (Å²) >= 11 is 0. The summed E-state index contributed by atoms with van der Waals surface area (Å²) in [5, 5.41) is 0. The van der Waals surface area contributed by atoms with Crippen molar-refractivity contribution in [3.8, 4) is 0 Å². The third kappa shape index (κ3) is 7.23. The highest BCUT2D eigenvalue weighted by Gasteiger charge is 2.85. The van der Waals surface area contributed by atoms with Crippen LogP contribution in [0.2, 0.25) is 0 Å². The first kappa shape index (κ1) is 36.2. The van der Waals surface area contributed by atoms with Gasteiger partial charge >= 0.3 is 54.3 Å². The van der Waals surface area contributed by atoms with Gasteiger partial charge in [-0.3, -0.25) is 9.47 Å². The van der Waals surface area contributed by atoms with E-state index < -0.39 is 66.9 Å². The average molecular weight is 608 g/mol. The largest absolute Gasteiger partial charge is 0.462 e. The number of ether oxygens (including phenoxy) is 3. The van der Waals surface area contributed by atoms with Crippen LogP contribution < -0.4 is 0 Å². The van der Waals surface area contributed by atoms with Crippen LogP contribution in [0, 0.1) is 5.92 Å². The van der Waals surface area contributed by atoms with Crippen molar-refractivity contribution in [2.45, 2.75) is 87.9 Å². The van der Waals surface area contributed by atoms with Gasteiger partial charge in [-0.2, -0.15) is 74.6 Å². The van der Waals surface area contributed by atoms with Gasteiger partial charge in [-0.15, -0.1) is 0 Å². The van der Waals surface area contributed by atoms with E-state index in [0.29, 0.717) is 12.8 Å². The van der Waals surface area contributed by atoms with Gasteiger partial charge in [-0.05, 0) is 12.3 Å². The van der Waals surface area contributed by atoms with Crippen molar-refractivity contribution < 1.29 is 93.6 Å². The van der Waals surface area contributed by atoms with Crippen molar-refractivity contribution in [3.63, 3.8) is 0 Å². The Morgan fingerprint density at radius 2 is 1.13 bits per heavy atom. The number of hydrogen-bond acceptors (Lipinski definition) is 4. The van der Waals surface area contributed by atoms with Crippen LogP contribution in [-0.2, 0) is 19.0 Å². The van der Waals surface area contributed by atoms with Gasteiger partial charge in [0.2, 0.25) is 0 Å². The zero-order valence-corrected chi connectivity index (χ0v) is 18.7. The average Bonchev–Trinajstić information content (AvgIpc) is 2.70. The van der Waals surface area contributed by atoms with E-state index in [1.54, 1.807) is 6.92 Å². The summed E-state index contributed by atoms with van der Waals surface area (Å²) in [7, 11) is 0. The van der Waals surface area contributed by atoms with E-state index in [1.807, 2.05) is 4.74 Å². The summed E-state index contributed by atoms with van der Waals surface area (Å²) in [6.45, 7) is 1.75. The van der Waals surface area contributed by atoms with E-state index in [4.69, 9.17) is 0 Å². The zero-order chi connectivity index (χ0) is 30.8. The van der Waals surface area contributed by atoms with Crippen molar-refractivity contribution in [2.24, 2.45) is 5.92 Å². The molecule has 0 heterocycles. The van der Waals surface area contributed by atoms with Crippen LogP contribution in [0.5, 0.6) is 0 Å². The second-order valence-corrected chi connectivity index (χ2v) is 7.51. The molecular weight excluding hydrogens is 591 g/mol. The molecule has 0 aliphatic rings. The molecule has 0 amide bonds. The molecule has 0 saturated carbocycles. The number of unbranched alkanes of at least 4 members (excludes halogenated alkanes) is 1. The Morgan fingerprint density at radius 1 is 0.658 bits per heavy atom. The number of halogens is 17. The molecule has 0 fully saturated rings. The molecule has 0 aromatic rings. The van der Waals surface area contributed by atoms with Crippen molar-refractivity contribution >= 4 is 5.97 Å². The molecule has 0 unspecified atom stereocenters. The van der Waals surface area contributed by atoms with Crippen molar-refractivity contribution in [1.82, 2.24) is 0 Å². The minimum atomic E-state index is -8.05. The SMILES string of the molecule is CCCC[C@@H](CC)COC(=O)[C@](F)(OC(F)(F)[C@](F)(OC(F)(F)C(F)(F)C(F)(F)F)C(F)(F)F)C(F)(F)F. The second kappa shape index (κ2) is 11.4. The third-order valence-corrected chi connectivity index (χ3v) is 4.62. The highest BCUT2D eigenvalue weighted by molar-refractivity contribution is 5.78. The van der Waals surface area contributed by atoms with E-state index >= 15 is 0 Å². The molecule has 0 aromatic heterocycles. The molecule has 0 N–H and O–H groups in total. The molecule has 4 nitrogen and oxygen atoms in total. The molecule has 0 aliphatic carbocycles. The van der Waals surface area contributed by atoms with Gasteiger partial charge in [0, 0.05) is 0 Å². The van der Waals surface area contributed by atoms with Gasteiger partial charge < -0.3 is 4.74 Å². The Morgan fingerprint density at radius 3 is 1.47 bits per heavy atom. The van der Waals surface area contributed by atoms with E-state index in [-0.39, 0.29) is 12.8 Å². The fourth-order valence-corrected chi connectivity index (χ4v) is 2.33. The van der Waals surface area contributed by atoms with Crippen LogP contribution >= 0.6 is 0 Å². The number of carbonyl (C=O) groups is 1. The summed E-state index contributed by atoms with van der Waals surface area (Å²) in [4.78, 5) is 11.6. The van der Waals surface area contributed by atoms with Crippen LogP contribution in [0.25, 0.3) is 0 Å². The van der Waals surface area contributed by atoms with Gasteiger partial charge in [0.1, 0.15) is 0 Å². The highest BCUT2D eigenvalue weighted by atomic mass is 19.4. The first-order chi connectivity index (χ1) is 16.6. The Labute approximate surface area is 201 Å². The topological polar surface area (TPSA) is 44.8 Å². The molecule has 0 radical (unpaired) electrons. The van der Waals surface area contributed by atoms with Crippen LogP contribution in [0.3, 0.4) is 0 Å². The molecule has 0 spiro atoms. The van der Waals surface area contributed by atoms with Crippen molar-refractivity contribution in [3.05, 3.63) is 0 Å². The lowest BCUT2D eigenvalue weighted by atomic mass is 10.0. The molecule has 0 aliphatic heterocycles. The number of esters is 1. The third-order valence-electron chi connectivity index (χ3n) is 4.62. The van der Waals surface area contributed by atoms with E-state index in [2.05, 4.69) is 4.74 Å². The second-order valence-electron chi connectivity index (χ2n) is 7.51. The van der Waals surface area contributed by atoms with Crippen LogP contribution in [-0.4, -0.2) is 61.0 Å². The van der Waals surface area contributed by atoms with E-state index in [1.165, 1.54) is 11.7 Å². The Bertz CT molecular complexity index is 791. The van der Waals surface area contributed by atoms with Crippen LogP contribution in [0.4, 0.5) is 74.6 Å². The standard InChI is InChI=1S/C17H17F17O4/c1-3-5-6-8(4-2)7-36-9(35)10(18,13(22,23)24)37-17(33,34)12(21,15(28,29)30)38-16(31,32)11(19,20)14(25,26)27/h8H,3-7H2,1-2H3/t8-,10+,12-/m1/s1. The summed E-state index contributed by atoms with van der Waals surface area (Å²) in [6.07, 6.45) is -37.7. The minimum absolute atomic E-state index is 0.00634. The lowest BCUT2D eigenvalue weighted by Crippen LogP contribution is -2.68. The Balaban J connectivity index is 6.53. The maximum Gasteiger partial charge on any atom is 0.462 e. The van der Waals surface area contributed by atoms with E-state index in [9.17, 15) is 79.4 Å². The lowest BCUT2D eigenvalue weighted by Gasteiger charge is -2.39. The monoisotopic (exact) mass is 608 g/mol. The predicted molar refractivity (Wildman–Crippen MR) is 87.1 cm³/mol. The quantitative estimate of drug-likeness (QED) is 0.160. The van der Waals surface area contributed by atoms with Crippen molar-refractivity contribution in [2.75, 3.05) is 6.61 Å².